The molecule has 8 nitrogen and oxygen atoms in total. The van der Waals surface area contributed by atoms with Crippen molar-refractivity contribution in [2.75, 3.05) is 19.7 Å². The molecule has 0 radical (unpaired) electrons. The van der Waals surface area contributed by atoms with Crippen LogP contribution in [0, 0.1) is 11.6 Å². The summed E-state index contributed by atoms with van der Waals surface area (Å²) in [5.74, 6) is -2.37. The van der Waals surface area contributed by atoms with Gasteiger partial charge in [0.05, 0.1) is 30.0 Å². The van der Waals surface area contributed by atoms with Crippen molar-refractivity contribution in [1.29, 1.82) is 0 Å². The molecule has 50 heavy (non-hydrogen) atoms. The summed E-state index contributed by atoms with van der Waals surface area (Å²) in [4.78, 5) is 33.4. The maximum absolute atomic E-state index is 14.2. The summed E-state index contributed by atoms with van der Waals surface area (Å²) < 4.78 is 80.2. The van der Waals surface area contributed by atoms with E-state index in [2.05, 4.69) is 10.3 Å². The zero-order valence-corrected chi connectivity index (χ0v) is 27.7. The topological polar surface area (TPSA) is 111 Å². The summed E-state index contributed by atoms with van der Waals surface area (Å²) in [6, 6.07) is 10.5. The number of carbonyl (C=O) groups excluding carboxylic acids is 2. The van der Waals surface area contributed by atoms with Crippen LogP contribution in [0.4, 0.5) is 22.0 Å². The van der Waals surface area contributed by atoms with Crippen molar-refractivity contribution in [3.63, 3.8) is 0 Å². The van der Waals surface area contributed by atoms with Crippen LogP contribution in [-0.2, 0) is 22.9 Å². The monoisotopic (exact) mass is 698 g/mol. The van der Waals surface area contributed by atoms with E-state index in [4.69, 9.17) is 14.9 Å². The summed E-state index contributed by atoms with van der Waals surface area (Å²) in [5, 5.41) is 2.85. The maximum atomic E-state index is 14.2. The molecule has 3 aromatic carbocycles. The number of nitrogens with one attached hydrogen (secondary N) is 1. The summed E-state index contributed by atoms with van der Waals surface area (Å²) in [6.45, 7) is 4.75. The molecule has 1 aliphatic carbocycles. The molecule has 1 fully saturated rings. The van der Waals surface area contributed by atoms with Gasteiger partial charge in [0.15, 0.2) is 0 Å². The minimum Gasteiger partial charge on any atom is -0.445 e. The van der Waals surface area contributed by atoms with Crippen molar-refractivity contribution in [3.05, 3.63) is 113 Å². The second-order valence-corrected chi connectivity index (χ2v) is 12.5. The highest BCUT2D eigenvalue weighted by Crippen LogP contribution is 2.50. The Morgan fingerprint density at radius 2 is 1.68 bits per heavy atom. The van der Waals surface area contributed by atoms with Crippen LogP contribution in [0.15, 0.2) is 77.5 Å². The number of ether oxygens (including phenoxy) is 1. The van der Waals surface area contributed by atoms with Gasteiger partial charge in [-0.05, 0) is 85.7 Å². The number of hydrogen-bond acceptors (Lipinski definition) is 6. The van der Waals surface area contributed by atoms with Crippen LogP contribution in [0.25, 0.3) is 11.5 Å². The van der Waals surface area contributed by atoms with Crippen LogP contribution < -0.4 is 11.1 Å². The normalized spacial score (nSPS) is 15.0. The Kier molecular flexibility index (Phi) is 11.4. The molecule has 0 aliphatic heterocycles. The van der Waals surface area contributed by atoms with Gasteiger partial charge in [-0.2, -0.15) is 13.2 Å². The SMILES string of the molecule is CCCN(CCC)C(=O)c1cc(C(=O)N[C@@H](Cc2cc(F)cc(F)c2)C(N)COC2(c3cccc(C(F)(F)F)c3)CC2)cc(-c2ncco2)c1. The van der Waals surface area contributed by atoms with Gasteiger partial charge in [-0.3, -0.25) is 9.59 Å². The number of aromatic nitrogens is 1. The molecule has 13 heteroatoms. The molecule has 1 saturated carbocycles. The van der Waals surface area contributed by atoms with E-state index in [0.717, 1.165) is 43.2 Å². The number of carbonyl (C=O) groups is 2. The van der Waals surface area contributed by atoms with E-state index in [1.165, 1.54) is 30.7 Å². The molecule has 4 aromatic rings. The number of benzene rings is 3. The lowest BCUT2D eigenvalue weighted by Gasteiger charge is -2.28. The number of rotatable bonds is 15. The predicted octanol–water partition coefficient (Wildman–Crippen LogP) is 7.28. The van der Waals surface area contributed by atoms with Crippen molar-refractivity contribution in [1.82, 2.24) is 15.2 Å². The Labute approximate surface area is 286 Å². The Balaban J connectivity index is 1.43. The fraction of sp³-hybridized carbons (Fsp3) is 0.378. The predicted molar refractivity (Wildman–Crippen MR) is 176 cm³/mol. The molecular weight excluding hydrogens is 659 g/mol. The number of alkyl halides is 3. The molecule has 266 valence electrons. The number of oxazole rings is 1. The van der Waals surface area contributed by atoms with Crippen molar-refractivity contribution in [3.8, 4) is 11.5 Å². The lowest BCUT2D eigenvalue weighted by Crippen LogP contribution is -2.51. The van der Waals surface area contributed by atoms with Crippen LogP contribution in [0.1, 0.15) is 76.9 Å². The standard InChI is InChI=1S/C37H39F5N4O4/c1-3-11-46(12-4-2)35(48)26-18-24(17-25(19-26)34-44-10-13-49-34)33(47)45-32(16-23-14-29(38)21-30(39)15-23)31(43)22-50-36(8-9-36)27-6-5-7-28(20-27)37(40,41)42/h5-7,10,13-15,17-21,31-32H,3-4,8-9,11-12,16,22,43H2,1-2H3,(H,45,47)/t31?,32-/m0/s1. The lowest BCUT2D eigenvalue weighted by atomic mass is 9.98. The summed E-state index contributed by atoms with van der Waals surface area (Å²) >= 11 is 0. The van der Waals surface area contributed by atoms with Gasteiger partial charge >= 0.3 is 6.18 Å². The molecule has 1 aliphatic rings. The fourth-order valence-electron chi connectivity index (χ4n) is 5.93. The summed E-state index contributed by atoms with van der Waals surface area (Å²) in [6.07, 6.45) is 0.554. The number of amides is 2. The Hall–Kier alpha value is -4.62. The highest BCUT2D eigenvalue weighted by atomic mass is 19.4. The molecule has 2 amide bonds. The first-order valence-corrected chi connectivity index (χ1v) is 16.5. The molecule has 0 bridgehead atoms. The summed E-state index contributed by atoms with van der Waals surface area (Å²) in [7, 11) is 0. The molecule has 1 aromatic heterocycles. The van der Waals surface area contributed by atoms with E-state index < -0.39 is 47.0 Å². The van der Waals surface area contributed by atoms with Crippen LogP contribution in [0.3, 0.4) is 0 Å². The molecule has 3 N–H and O–H groups in total. The Morgan fingerprint density at radius 1 is 1.00 bits per heavy atom. The molecule has 5 rings (SSSR count). The first-order chi connectivity index (χ1) is 23.8. The highest BCUT2D eigenvalue weighted by Gasteiger charge is 2.47. The quantitative estimate of drug-likeness (QED) is 0.126. The zero-order valence-electron chi connectivity index (χ0n) is 27.7. The van der Waals surface area contributed by atoms with Crippen LogP contribution in [0.2, 0.25) is 0 Å². The highest BCUT2D eigenvalue weighted by molar-refractivity contribution is 6.01. The average Bonchev–Trinajstić information content (AvgIpc) is 3.67. The fourth-order valence-corrected chi connectivity index (χ4v) is 5.93. The molecule has 2 atom stereocenters. The van der Waals surface area contributed by atoms with E-state index in [1.807, 2.05) is 13.8 Å². The van der Waals surface area contributed by atoms with E-state index in [9.17, 15) is 31.5 Å². The third-order valence-corrected chi connectivity index (χ3v) is 8.58. The second-order valence-electron chi connectivity index (χ2n) is 12.5. The Bertz CT molecular complexity index is 1770. The molecule has 0 spiro atoms. The van der Waals surface area contributed by atoms with Crippen molar-refractivity contribution in [2.45, 2.75) is 69.8 Å². The van der Waals surface area contributed by atoms with Crippen LogP contribution >= 0.6 is 0 Å². The third kappa shape index (κ3) is 8.94. The van der Waals surface area contributed by atoms with Crippen molar-refractivity contribution >= 4 is 11.8 Å². The lowest BCUT2D eigenvalue weighted by molar-refractivity contribution is -0.137. The Morgan fingerprint density at radius 3 is 2.28 bits per heavy atom. The zero-order chi connectivity index (χ0) is 36.1. The van der Waals surface area contributed by atoms with E-state index in [-0.39, 0.29) is 41.5 Å². The first-order valence-electron chi connectivity index (χ1n) is 16.5. The van der Waals surface area contributed by atoms with E-state index in [0.29, 0.717) is 37.1 Å². The minimum atomic E-state index is -4.53. The minimum absolute atomic E-state index is 0.0863. The molecule has 1 unspecified atom stereocenters. The van der Waals surface area contributed by atoms with Gasteiger partial charge in [0.2, 0.25) is 5.89 Å². The van der Waals surface area contributed by atoms with Crippen molar-refractivity contribution in [2.24, 2.45) is 5.73 Å². The van der Waals surface area contributed by atoms with Gasteiger partial charge < -0.3 is 25.1 Å². The van der Waals surface area contributed by atoms with Gasteiger partial charge in [-0.1, -0.05) is 26.0 Å². The smallest absolute Gasteiger partial charge is 0.416 e. The van der Waals surface area contributed by atoms with E-state index in [1.54, 1.807) is 17.0 Å². The van der Waals surface area contributed by atoms with Gasteiger partial charge in [-0.25, -0.2) is 13.8 Å². The van der Waals surface area contributed by atoms with Crippen LogP contribution in [0.5, 0.6) is 0 Å². The van der Waals surface area contributed by atoms with E-state index >= 15 is 0 Å². The first kappa shape index (κ1) is 36.7. The van der Waals surface area contributed by atoms with Gasteiger partial charge in [0.1, 0.15) is 17.9 Å². The number of hydrogen-bond donors (Lipinski definition) is 2. The number of nitrogens with two attached hydrogens (primary N) is 1. The van der Waals surface area contributed by atoms with Crippen LogP contribution in [-0.4, -0.2) is 53.5 Å². The van der Waals surface area contributed by atoms with Gasteiger partial charge in [-0.15, -0.1) is 0 Å². The van der Waals surface area contributed by atoms with Gasteiger partial charge in [0, 0.05) is 41.9 Å². The number of halogens is 5. The molecule has 0 saturated heterocycles. The van der Waals surface area contributed by atoms with Gasteiger partial charge in [0.25, 0.3) is 11.8 Å². The number of nitrogens with zero attached hydrogens (tertiary/aromatic N) is 2. The second kappa shape index (κ2) is 15.5. The average molecular weight is 699 g/mol. The maximum Gasteiger partial charge on any atom is 0.416 e. The molecular formula is C37H39F5N4O4. The third-order valence-electron chi connectivity index (χ3n) is 8.58. The molecule has 1 heterocycles. The summed E-state index contributed by atoms with van der Waals surface area (Å²) in [5.41, 5.74) is 6.06. The van der Waals surface area contributed by atoms with Crippen molar-refractivity contribution < 1.29 is 40.7 Å². The largest absolute Gasteiger partial charge is 0.445 e.